The molecule has 0 radical (unpaired) electrons. The van der Waals surface area contributed by atoms with Gasteiger partial charge in [-0.1, -0.05) is 32.0 Å². The lowest BCUT2D eigenvalue weighted by Gasteiger charge is -2.21. The van der Waals surface area contributed by atoms with Gasteiger partial charge in [0.15, 0.2) is 0 Å². The Bertz CT molecular complexity index is 1110. The zero-order chi connectivity index (χ0) is 23.0. The zero-order valence-electron chi connectivity index (χ0n) is 18.3. The second-order valence-electron chi connectivity index (χ2n) is 8.29. The van der Waals surface area contributed by atoms with E-state index in [1.165, 1.54) is 10.6 Å². The number of alkyl halides is 3. The molecule has 3 atom stereocenters. The minimum absolute atomic E-state index is 0.104. The molecule has 1 aliphatic carbocycles. The summed E-state index contributed by atoms with van der Waals surface area (Å²) in [6.45, 7) is 6.93. The molecule has 1 aromatic carbocycles. The van der Waals surface area contributed by atoms with Crippen molar-refractivity contribution in [1.82, 2.24) is 24.5 Å². The van der Waals surface area contributed by atoms with Crippen LogP contribution in [0.5, 0.6) is 0 Å². The first kappa shape index (κ1) is 22.2. The van der Waals surface area contributed by atoms with Crippen LogP contribution in [0.3, 0.4) is 0 Å². The van der Waals surface area contributed by atoms with Gasteiger partial charge >= 0.3 is 6.18 Å². The van der Waals surface area contributed by atoms with Crippen LogP contribution in [0.2, 0.25) is 0 Å². The van der Waals surface area contributed by atoms with Crippen molar-refractivity contribution in [2.75, 3.05) is 13.1 Å². The molecule has 1 amide bonds. The number of fused-ring (bicyclic) bond motifs is 2. The van der Waals surface area contributed by atoms with Crippen LogP contribution in [-0.4, -0.2) is 43.5 Å². The van der Waals surface area contributed by atoms with Crippen LogP contribution in [0.15, 0.2) is 36.7 Å². The second-order valence-corrected chi connectivity index (χ2v) is 8.29. The van der Waals surface area contributed by atoms with Crippen LogP contribution >= 0.6 is 0 Å². The van der Waals surface area contributed by atoms with E-state index in [4.69, 9.17) is 0 Å². The van der Waals surface area contributed by atoms with E-state index in [1.807, 2.05) is 20.8 Å². The van der Waals surface area contributed by atoms with E-state index in [2.05, 4.69) is 15.1 Å². The third kappa shape index (κ3) is 4.08. The summed E-state index contributed by atoms with van der Waals surface area (Å²) in [7, 11) is 0. The Labute approximate surface area is 184 Å². The Balaban J connectivity index is 0.00000119. The van der Waals surface area contributed by atoms with E-state index in [1.54, 1.807) is 29.4 Å². The molecular weight excluding hydrogens is 419 g/mol. The highest BCUT2D eigenvalue weighted by atomic mass is 19.4. The molecule has 0 spiro atoms. The Hall–Kier alpha value is -2.97. The summed E-state index contributed by atoms with van der Waals surface area (Å²) >= 11 is 0. The number of benzene rings is 1. The molecule has 0 N–H and O–H groups in total. The molecular formula is C23H26F3N5O. The summed E-state index contributed by atoms with van der Waals surface area (Å²) in [5.41, 5.74) is 0.743. The molecule has 6 nitrogen and oxygen atoms in total. The summed E-state index contributed by atoms with van der Waals surface area (Å²) < 4.78 is 41.6. The Kier molecular flexibility index (Phi) is 5.92. The van der Waals surface area contributed by atoms with Gasteiger partial charge < -0.3 is 4.90 Å². The molecule has 5 rings (SSSR count). The van der Waals surface area contributed by atoms with Crippen molar-refractivity contribution in [2.24, 2.45) is 11.8 Å². The lowest BCUT2D eigenvalue weighted by molar-refractivity contribution is -0.138. The number of hydrogen-bond acceptors (Lipinski definition) is 4. The van der Waals surface area contributed by atoms with Crippen molar-refractivity contribution in [3.8, 4) is 0 Å². The summed E-state index contributed by atoms with van der Waals surface area (Å²) in [4.78, 5) is 23.0. The molecule has 2 aromatic heterocycles. The molecule has 1 saturated carbocycles. The molecule has 170 valence electrons. The smallest absolute Gasteiger partial charge is 0.335 e. The number of likely N-dealkylation sites (tertiary alicyclic amines) is 1. The fraction of sp³-hybridized carbons (Fsp3) is 0.478. The first-order valence-electron chi connectivity index (χ1n) is 10.9. The number of carbonyl (C=O) groups excluding carboxylic acids is 1. The normalized spacial score (nSPS) is 22.6. The van der Waals surface area contributed by atoms with Gasteiger partial charge in [0.05, 0.1) is 5.56 Å². The fourth-order valence-electron chi connectivity index (χ4n) is 4.94. The van der Waals surface area contributed by atoms with Gasteiger partial charge in [0, 0.05) is 25.5 Å². The van der Waals surface area contributed by atoms with Crippen LogP contribution in [-0.2, 0) is 6.18 Å². The number of rotatable bonds is 2. The van der Waals surface area contributed by atoms with Crippen molar-refractivity contribution < 1.29 is 18.0 Å². The molecule has 2 fully saturated rings. The summed E-state index contributed by atoms with van der Waals surface area (Å²) in [6.07, 6.45) is 0.379. The van der Waals surface area contributed by atoms with Crippen LogP contribution < -0.4 is 0 Å². The van der Waals surface area contributed by atoms with E-state index in [0.717, 1.165) is 11.6 Å². The Morgan fingerprint density at radius 3 is 2.41 bits per heavy atom. The molecule has 1 aliphatic heterocycles. The molecule has 1 unspecified atom stereocenters. The van der Waals surface area contributed by atoms with Gasteiger partial charge in [-0.2, -0.15) is 18.2 Å². The first-order valence-corrected chi connectivity index (χ1v) is 10.9. The highest BCUT2D eigenvalue weighted by Gasteiger charge is 2.45. The van der Waals surface area contributed by atoms with Crippen LogP contribution in [0.25, 0.3) is 5.78 Å². The van der Waals surface area contributed by atoms with Gasteiger partial charge in [-0.05, 0) is 54.7 Å². The van der Waals surface area contributed by atoms with Crippen LogP contribution in [0.4, 0.5) is 13.2 Å². The van der Waals surface area contributed by atoms with Crippen molar-refractivity contribution in [1.29, 1.82) is 0 Å². The van der Waals surface area contributed by atoms with E-state index < -0.39 is 11.7 Å². The van der Waals surface area contributed by atoms with Gasteiger partial charge in [0.2, 0.25) is 5.82 Å². The highest BCUT2D eigenvalue weighted by molar-refractivity contribution is 5.91. The first-order chi connectivity index (χ1) is 15.3. The number of aryl methyl sites for hydroxylation is 1. The van der Waals surface area contributed by atoms with Gasteiger partial charge in [-0.3, -0.25) is 4.79 Å². The number of aromatic nitrogens is 4. The molecule has 2 aliphatic rings. The predicted octanol–water partition coefficient (Wildman–Crippen LogP) is 4.74. The minimum Gasteiger partial charge on any atom is -0.335 e. The lowest BCUT2D eigenvalue weighted by atomic mass is 9.91. The standard InChI is InChI=1S/C21H20F3N5O.C2H6/c1-12-8-25-20-26-18(27-29(20)9-12)19(30)28-10-14-6-13(7-15(14)11-28)16-4-2-3-5-17(16)21(22,23)24;1-2/h2-5,8-9,13-15H,6-7,10-11H2,1H3;1-2H3/t13?,14-,15+;. The minimum atomic E-state index is -4.35. The highest BCUT2D eigenvalue weighted by Crippen LogP contribution is 2.48. The van der Waals surface area contributed by atoms with Gasteiger partial charge in [0.1, 0.15) is 0 Å². The molecule has 3 heterocycles. The van der Waals surface area contributed by atoms with Crippen molar-refractivity contribution in [2.45, 2.75) is 45.7 Å². The Morgan fingerprint density at radius 1 is 1.09 bits per heavy atom. The van der Waals surface area contributed by atoms with E-state index in [0.29, 0.717) is 37.3 Å². The monoisotopic (exact) mass is 445 g/mol. The zero-order valence-corrected chi connectivity index (χ0v) is 18.3. The van der Waals surface area contributed by atoms with Crippen molar-refractivity contribution >= 4 is 11.7 Å². The van der Waals surface area contributed by atoms with Gasteiger partial charge in [0.25, 0.3) is 11.7 Å². The number of nitrogens with zero attached hydrogens (tertiary/aromatic N) is 5. The maximum absolute atomic E-state index is 13.4. The fourth-order valence-corrected chi connectivity index (χ4v) is 4.94. The average molecular weight is 445 g/mol. The van der Waals surface area contributed by atoms with E-state index in [-0.39, 0.29) is 29.5 Å². The lowest BCUT2D eigenvalue weighted by Crippen LogP contribution is -2.30. The predicted molar refractivity (Wildman–Crippen MR) is 113 cm³/mol. The Morgan fingerprint density at radius 2 is 1.75 bits per heavy atom. The second kappa shape index (κ2) is 8.52. The molecule has 9 heteroatoms. The number of hydrogen-bond donors (Lipinski definition) is 0. The van der Waals surface area contributed by atoms with Crippen LogP contribution in [0.1, 0.15) is 59.9 Å². The largest absolute Gasteiger partial charge is 0.416 e. The topological polar surface area (TPSA) is 63.4 Å². The van der Waals surface area contributed by atoms with Gasteiger partial charge in [-0.25, -0.2) is 9.50 Å². The van der Waals surface area contributed by atoms with Gasteiger partial charge in [-0.15, -0.1) is 5.10 Å². The summed E-state index contributed by atoms with van der Waals surface area (Å²) in [5.74, 6) is 0.477. The number of amides is 1. The number of carbonyl (C=O) groups is 1. The maximum atomic E-state index is 13.4. The molecule has 0 bridgehead atoms. The van der Waals surface area contributed by atoms with E-state index in [9.17, 15) is 18.0 Å². The molecule has 3 aromatic rings. The number of halogens is 3. The summed E-state index contributed by atoms with van der Waals surface area (Å²) in [6, 6.07) is 5.84. The molecule has 1 saturated heterocycles. The maximum Gasteiger partial charge on any atom is 0.416 e. The molecule has 32 heavy (non-hydrogen) atoms. The summed E-state index contributed by atoms with van der Waals surface area (Å²) in [5, 5.41) is 4.24. The third-order valence-electron chi connectivity index (χ3n) is 6.26. The third-order valence-corrected chi connectivity index (χ3v) is 6.26. The van der Waals surface area contributed by atoms with E-state index >= 15 is 0 Å². The SMILES string of the molecule is CC.Cc1cnc2nc(C(=O)N3C[C@H]4CC(c5ccccc5C(F)(F)F)C[C@H]4C3)nn2c1. The quantitative estimate of drug-likeness (QED) is 0.572. The van der Waals surface area contributed by atoms with Crippen molar-refractivity contribution in [3.05, 3.63) is 59.2 Å². The average Bonchev–Trinajstić information content (AvgIpc) is 3.46. The van der Waals surface area contributed by atoms with Crippen molar-refractivity contribution in [3.63, 3.8) is 0 Å². The van der Waals surface area contributed by atoms with Crippen LogP contribution in [0, 0.1) is 18.8 Å².